The lowest BCUT2D eigenvalue weighted by molar-refractivity contribution is -0.134. The zero-order chi connectivity index (χ0) is 20.3. The van der Waals surface area contributed by atoms with Gasteiger partial charge in [-0.15, -0.1) is 0 Å². The topological polar surface area (TPSA) is 56.2 Å². The van der Waals surface area contributed by atoms with Crippen LogP contribution in [0.2, 0.25) is 5.02 Å². The number of halogens is 2. The normalized spacial score (nSPS) is 12.5. The first-order valence-electron chi connectivity index (χ1n) is 8.74. The Bertz CT molecular complexity index is 953. The van der Waals surface area contributed by atoms with E-state index in [1.807, 2.05) is 29.9 Å². The van der Waals surface area contributed by atoms with Gasteiger partial charge in [0.25, 0.3) is 5.91 Å². The summed E-state index contributed by atoms with van der Waals surface area (Å²) in [6.07, 6.45) is 3.48. The molecule has 146 valence electrons. The molecule has 1 unspecified atom stereocenters. The van der Waals surface area contributed by atoms with Gasteiger partial charge in [-0.25, -0.2) is 9.37 Å². The third-order valence-electron chi connectivity index (χ3n) is 4.33. The fourth-order valence-corrected chi connectivity index (χ4v) is 2.88. The smallest absolute Gasteiger partial charge is 0.264 e. The van der Waals surface area contributed by atoms with Crippen LogP contribution in [0.5, 0.6) is 5.75 Å². The number of carbonyl (C=O) groups is 1. The Morgan fingerprint density at radius 3 is 2.39 bits per heavy atom. The van der Waals surface area contributed by atoms with Crippen molar-refractivity contribution in [1.29, 1.82) is 0 Å². The molecule has 1 aromatic heterocycles. The predicted molar refractivity (Wildman–Crippen MR) is 106 cm³/mol. The second-order valence-electron chi connectivity index (χ2n) is 6.92. The zero-order valence-corrected chi connectivity index (χ0v) is 16.6. The molecule has 3 aromatic rings. The lowest BCUT2D eigenvalue weighted by atomic mass is 10.0. The molecular formula is C21H21ClFN3O2. The van der Waals surface area contributed by atoms with Gasteiger partial charge in [-0.3, -0.25) is 4.79 Å². The number of nitrogens with one attached hydrogen (secondary N) is 1. The van der Waals surface area contributed by atoms with Crippen LogP contribution in [0.4, 0.5) is 4.39 Å². The van der Waals surface area contributed by atoms with Crippen molar-refractivity contribution in [3.8, 4) is 5.75 Å². The second-order valence-corrected chi connectivity index (χ2v) is 7.36. The Morgan fingerprint density at radius 1 is 1.18 bits per heavy atom. The van der Waals surface area contributed by atoms with Crippen LogP contribution in [0.1, 0.15) is 31.3 Å². The van der Waals surface area contributed by atoms with Gasteiger partial charge in [-0.2, -0.15) is 0 Å². The molecule has 5 nitrogen and oxygen atoms in total. The monoisotopic (exact) mass is 401 g/mol. The molecule has 28 heavy (non-hydrogen) atoms. The van der Waals surface area contributed by atoms with Gasteiger partial charge in [0.1, 0.15) is 23.4 Å². The maximum atomic E-state index is 13.1. The Morgan fingerprint density at radius 2 is 1.82 bits per heavy atom. The molecule has 0 spiro atoms. The number of aromatic nitrogens is 2. The summed E-state index contributed by atoms with van der Waals surface area (Å²) in [6, 6.07) is 12.3. The van der Waals surface area contributed by atoms with Crippen molar-refractivity contribution < 1.29 is 13.9 Å². The third-order valence-corrected chi connectivity index (χ3v) is 4.58. The maximum Gasteiger partial charge on any atom is 0.264 e. The number of hydrogen-bond donors (Lipinski definition) is 1. The molecular weight excluding hydrogens is 381 g/mol. The van der Waals surface area contributed by atoms with Gasteiger partial charge in [-0.1, -0.05) is 23.7 Å². The number of carbonyl (C=O) groups excluding carboxylic acids is 1. The van der Waals surface area contributed by atoms with Crippen LogP contribution < -0.4 is 10.1 Å². The number of benzene rings is 2. The summed E-state index contributed by atoms with van der Waals surface area (Å²) in [7, 11) is 1.86. The van der Waals surface area contributed by atoms with Crippen LogP contribution in [-0.4, -0.2) is 21.1 Å². The van der Waals surface area contributed by atoms with Crippen molar-refractivity contribution in [2.24, 2.45) is 7.05 Å². The number of aryl methyl sites for hydroxylation is 1. The highest BCUT2D eigenvalue weighted by molar-refractivity contribution is 6.30. The Hall–Kier alpha value is -2.86. The molecule has 0 aliphatic carbocycles. The minimum Gasteiger partial charge on any atom is -0.478 e. The lowest BCUT2D eigenvalue weighted by Gasteiger charge is -2.28. The van der Waals surface area contributed by atoms with Crippen molar-refractivity contribution in [3.63, 3.8) is 0 Å². The van der Waals surface area contributed by atoms with E-state index in [1.165, 1.54) is 24.3 Å². The number of hydrogen-bond acceptors (Lipinski definition) is 3. The molecule has 0 radical (unpaired) electrons. The summed E-state index contributed by atoms with van der Waals surface area (Å²) >= 11 is 6.00. The highest BCUT2D eigenvalue weighted by Gasteiger charge is 2.33. The van der Waals surface area contributed by atoms with Crippen molar-refractivity contribution in [3.05, 3.63) is 83.2 Å². The molecule has 2 aromatic carbocycles. The van der Waals surface area contributed by atoms with Gasteiger partial charge >= 0.3 is 0 Å². The second kappa shape index (κ2) is 8.02. The molecule has 1 N–H and O–H groups in total. The summed E-state index contributed by atoms with van der Waals surface area (Å²) in [5.41, 5.74) is -0.349. The van der Waals surface area contributed by atoms with Crippen molar-refractivity contribution >= 4 is 17.5 Å². The quantitative estimate of drug-likeness (QED) is 0.670. The number of amides is 1. The van der Waals surface area contributed by atoms with Gasteiger partial charge < -0.3 is 14.6 Å². The van der Waals surface area contributed by atoms with Crippen molar-refractivity contribution in [1.82, 2.24) is 14.9 Å². The number of nitrogens with zero attached hydrogens (tertiary/aromatic N) is 2. The largest absolute Gasteiger partial charge is 0.478 e. The van der Waals surface area contributed by atoms with E-state index < -0.39 is 11.6 Å². The van der Waals surface area contributed by atoms with Gasteiger partial charge in [0.2, 0.25) is 0 Å². The highest BCUT2D eigenvalue weighted by Crippen LogP contribution is 2.25. The molecule has 0 saturated heterocycles. The van der Waals surface area contributed by atoms with E-state index in [4.69, 9.17) is 16.3 Å². The minimum absolute atomic E-state index is 0.334. The predicted octanol–water partition coefficient (Wildman–Crippen LogP) is 4.28. The molecule has 0 fully saturated rings. The Kier molecular flexibility index (Phi) is 5.70. The van der Waals surface area contributed by atoms with E-state index in [1.54, 1.807) is 32.2 Å². The standard InChI is InChI=1S/C21H21ClFN3O2/c1-21(2,28-17-10-8-16(23)9-11-17)20(27)25-18(19-24-12-13-26(19)3)14-4-6-15(22)7-5-14/h4-13,18H,1-3H3,(H,25,27). The van der Waals surface area contributed by atoms with Crippen LogP contribution in [0.15, 0.2) is 60.9 Å². The first-order chi connectivity index (χ1) is 13.3. The summed E-state index contributed by atoms with van der Waals surface area (Å²) in [5.74, 6) is 0.377. The lowest BCUT2D eigenvalue weighted by Crippen LogP contribution is -2.48. The number of rotatable bonds is 6. The highest BCUT2D eigenvalue weighted by atomic mass is 35.5. The maximum absolute atomic E-state index is 13.1. The van der Waals surface area contributed by atoms with E-state index in [0.717, 1.165) is 5.56 Å². The number of ether oxygens (including phenoxy) is 1. The summed E-state index contributed by atoms with van der Waals surface area (Å²) in [6.45, 7) is 3.31. The fourth-order valence-electron chi connectivity index (χ4n) is 2.76. The van der Waals surface area contributed by atoms with Crippen molar-refractivity contribution in [2.45, 2.75) is 25.5 Å². The van der Waals surface area contributed by atoms with E-state index in [-0.39, 0.29) is 11.7 Å². The SMILES string of the molecule is Cn1ccnc1C(NC(=O)C(C)(C)Oc1ccc(F)cc1)c1ccc(Cl)cc1. The van der Waals surface area contributed by atoms with Crippen LogP contribution >= 0.6 is 11.6 Å². The first-order valence-corrected chi connectivity index (χ1v) is 9.12. The van der Waals surface area contributed by atoms with Gasteiger partial charge in [-0.05, 0) is 55.8 Å². The van der Waals surface area contributed by atoms with Crippen LogP contribution in [-0.2, 0) is 11.8 Å². The Balaban J connectivity index is 1.85. The van der Waals surface area contributed by atoms with Gasteiger partial charge in [0.05, 0.1) is 0 Å². The van der Waals surface area contributed by atoms with Gasteiger partial charge in [0, 0.05) is 24.5 Å². The molecule has 0 bridgehead atoms. The molecule has 0 saturated carbocycles. The summed E-state index contributed by atoms with van der Waals surface area (Å²) in [4.78, 5) is 17.4. The molecule has 0 aliphatic heterocycles. The van der Waals surface area contributed by atoms with Crippen LogP contribution in [0.25, 0.3) is 0 Å². The van der Waals surface area contributed by atoms with Crippen LogP contribution in [0, 0.1) is 5.82 Å². The molecule has 7 heteroatoms. The van der Waals surface area contributed by atoms with E-state index in [2.05, 4.69) is 10.3 Å². The Labute approximate surface area is 168 Å². The average Bonchev–Trinajstić information content (AvgIpc) is 3.08. The molecule has 3 rings (SSSR count). The third kappa shape index (κ3) is 4.51. The molecule has 1 amide bonds. The minimum atomic E-state index is -1.19. The average molecular weight is 402 g/mol. The molecule has 0 aliphatic rings. The number of imidazole rings is 1. The van der Waals surface area contributed by atoms with Crippen molar-refractivity contribution in [2.75, 3.05) is 0 Å². The summed E-state index contributed by atoms with van der Waals surface area (Å²) in [5, 5.41) is 3.61. The van der Waals surface area contributed by atoms with Gasteiger partial charge in [0.15, 0.2) is 5.60 Å². The van der Waals surface area contributed by atoms with E-state index in [9.17, 15) is 9.18 Å². The van der Waals surface area contributed by atoms with E-state index in [0.29, 0.717) is 16.6 Å². The summed E-state index contributed by atoms with van der Waals surface area (Å²) < 4.78 is 20.7. The fraction of sp³-hybridized carbons (Fsp3) is 0.238. The zero-order valence-electron chi connectivity index (χ0n) is 15.8. The molecule has 1 heterocycles. The molecule has 1 atom stereocenters. The van der Waals surface area contributed by atoms with E-state index >= 15 is 0 Å². The van der Waals surface area contributed by atoms with Crippen LogP contribution in [0.3, 0.4) is 0 Å². The first kappa shape index (κ1) is 19.9.